The van der Waals surface area contributed by atoms with Crippen LogP contribution in [-0.2, 0) is 0 Å². The first-order chi connectivity index (χ1) is 8.16. The van der Waals surface area contributed by atoms with Gasteiger partial charge in [-0.3, -0.25) is 4.79 Å². The van der Waals surface area contributed by atoms with E-state index < -0.39 is 0 Å². The number of hydrogen-bond donors (Lipinski definition) is 1. The Kier molecular flexibility index (Phi) is 3.35. The Balaban J connectivity index is 2.20. The van der Waals surface area contributed by atoms with E-state index in [1.807, 2.05) is 25.1 Å². The third-order valence-electron chi connectivity index (χ3n) is 2.27. The lowest BCUT2D eigenvalue weighted by Gasteiger charge is -2.06. The standard InChI is InChI=1S/C12H10ClN3O/c1-8-4-2-3-5-9(8)12(17)16-11-6-10(13)14-7-15-11/h2-7H,1H3,(H,14,15,16,17). The predicted molar refractivity (Wildman–Crippen MR) is 66.2 cm³/mol. The van der Waals surface area contributed by atoms with Crippen molar-refractivity contribution in [3.05, 3.63) is 52.9 Å². The number of benzene rings is 1. The van der Waals surface area contributed by atoms with Gasteiger partial charge in [0.1, 0.15) is 17.3 Å². The fourth-order valence-corrected chi connectivity index (χ4v) is 1.56. The maximum atomic E-state index is 11.9. The molecule has 1 N–H and O–H groups in total. The fourth-order valence-electron chi connectivity index (χ4n) is 1.41. The molecule has 4 nitrogen and oxygen atoms in total. The SMILES string of the molecule is Cc1ccccc1C(=O)Nc1cc(Cl)ncn1. The van der Waals surface area contributed by atoms with Crippen LogP contribution in [-0.4, -0.2) is 15.9 Å². The summed E-state index contributed by atoms with van der Waals surface area (Å²) in [6.07, 6.45) is 1.30. The van der Waals surface area contributed by atoms with Crippen molar-refractivity contribution in [1.82, 2.24) is 9.97 Å². The number of carbonyl (C=O) groups is 1. The molecule has 0 fully saturated rings. The molecule has 0 aliphatic carbocycles. The molecule has 0 atom stereocenters. The van der Waals surface area contributed by atoms with Crippen LogP contribution in [0.3, 0.4) is 0 Å². The summed E-state index contributed by atoms with van der Waals surface area (Å²) in [7, 11) is 0. The van der Waals surface area contributed by atoms with E-state index in [0.717, 1.165) is 5.56 Å². The van der Waals surface area contributed by atoms with Crippen LogP contribution < -0.4 is 5.32 Å². The normalized spacial score (nSPS) is 10.0. The minimum absolute atomic E-state index is 0.210. The molecule has 0 unspecified atom stereocenters. The second-order valence-corrected chi connectivity index (χ2v) is 3.88. The smallest absolute Gasteiger partial charge is 0.257 e. The van der Waals surface area contributed by atoms with E-state index >= 15 is 0 Å². The molecular weight excluding hydrogens is 238 g/mol. The highest BCUT2D eigenvalue weighted by Crippen LogP contribution is 2.12. The van der Waals surface area contributed by atoms with E-state index in [4.69, 9.17) is 11.6 Å². The average molecular weight is 248 g/mol. The minimum atomic E-state index is -0.210. The fraction of sp³-hybridized carbons (Fsp3) is 0.0833. The molecule has 0 spiro atoms. The van der Waals surface area contributed by atoms with Gasteiger partial charge in [0.25, 0.3) is 5.91 Å². The maximum absolute atomic E-state index is 11.9. The summed E-state index contributed by atoms with van der Waals surface area (Å²) < 4.78 is 0. The van der Waals surface area contributed by atoms with Gasteiger partial charge in [0.05, 0.1) is 0 Å². The molecule has 1 heterocycles. The van der Waals surface area contributed by atoms with Crippen molar-refractivity contribution in [2.45, 2.75) is 6.92 Å². The highest BCUT2D eigenvalue weighted by atomic mass is 35.5. The van der Waals surface area contributed by atoms with Gasteiger partial charge in [-0.2, -0.15) is 0 Å². The van der Waals surface area contributed by atoms with Gasteiger partial charge in [0, 0.05) is 11.6 Å². The van der Waals surface area contributed by atoms with Crippen LogP contribution in [0, 0.1) is 6.92 Å². The van der Waals surface area contributed by atoms with E-state index in [1.165, 1.54) is 12.4 Å². The predicted octanol–water partition coefficient (Wildman–Crippen LogP) is 2.69. The van der Waals surface area contributed by atoms with E-state index in [-0.39, 0.29) is 5.91 Å². The number of halogens is 1. The molecule has 1 aromatic carbocycles. The topological polar surface area (TPSA) is 54.9 Å². The number of aryl methyl sites for hydroxylation is 1. The van der Waals surface area contributed by atoms with Crippen LogP contribution >= 0.6 is 11.6 Å². The van der Waals surface area contributed by atoms with E-state index in [9.17, 15) is 4.79 Å². The zero-order valence-electron chi connectivity index (χ0n) is 9.14. The Morgan fingerprint density at radius 3 is 2.76 bits per heavy atom. The number of hydrogen-bond acceptors (Lipinski definition) is 3. The molecule has 86 valence electrons. The van der Waals surface area contributed by atoms with E-state index in [0.29, 0.717) is 16.5 Å². The number of nitrogens with zero attached hydrogens (tertiary/aromatic N) is 2. The first kappa shape index (κ1) is 11.5. The molecule has 0 aliphatic heterocycles. The second kappa shape index (κ2) is 4.93. The highest BCUT2D eigenvalue weighted by Gasteiger charge is 2.09. The Labute approximate surface area is 104 Å². The molecular formula is C12H10ClN3O. The van der Waals surface area contributed by atoms with Gasteiger partial charge in [-0.1, -0.05) is 29.8 Å². The first-order valence-electron chi connectivity index (χ1n) is 5.01. The largest absolute Gasteiger partial charge is 0.306 e. The van der Waals surface area contributed by atoms with Crippen LogP contribution in [0.15, 0.2) is 36.7 Å². The summed E-state index contributed by atoms with van der Waals surface area (Å²) in [6, 6.07) is 8.83. The summed E-state index contributed by atoms with van der Waals surface area (Å²) in [5.41, 5.74) is 1.52. The summed E-state index contributed by atoms with van der Waals surface area (Å²) >= 11 is 5.70. The highest BCUT2D eigenvalue weighted by molar-refractivity contribution is 6.29. The van der Waals surface area contributed by atoms with Crippen molar-refractivity contribution in [1.29, 1.82) is 0 Å². The lowest BCUT2D eigenvalue weighted by atomic mass is 10.1. The summed E-state index contributed by atoms with van der Waals surface area (Å²) in [5.74, 6) is 0.177. The Morgan fingerprint density at radius 1 is 1.29 bits per heavy atom. The van der Waals surface area contributed by atoms with E-state index in [2.05, 4.69) is 15.3 Å². The van der Waals surface area contributed by atoms with Gasteiger partial charge in [0.15, 0.2) is 0 Å². The van der Waals surface area contributed by atoms with Crippen molar-refractivity contribution in [2.24, 2.45) is 0 Å². The molecule has 0 saturated carbocycles. The number of aromatic nitrogens is 2. The number of anilines is 1. The Morgan fingerprint density at radius 2 is 2.06 bits per heavy atom. The molecule has 1 amide bonds. The molecule has 1 aromatic heterocycles. The number of carbonyl (C=O) groups excluding carboxylic acids is 1. The van der Waals surface area contributed by atoms with Crippen LogP contribution in [0.5, 0.6) is 0 Å². The van der Waals surface area contributed by atoms with Gasteiger partial charge in [0.2, 0.25) is 0 Å². The quantitative estimate of drug-likeness (QED) is 0.830. The molecule has 0 radical (unpaired) electrons. The zero-order valence-corrected chi connectivity index (χ0v) is 9.90. The lowest BCUT2D eigenvalue weighted by molar-refractivity contribution is 0.102. The number of nitrogens with one attached hydrogen (secondary N) is 1. The molecule has 5 heteroatoms. The molecule has 2 rings (SSSR count). The summed E-state index contributed by atoms with van der Waals surface area (Å²) in [5, 5.41) is 2.96. The third kappa shape index (κ3) is 2.79. The van der Waals surface area contributed by atoms with Gasteiger partial charge in [-0.15, -0.1) is 0 Å². The van der Waals surface area contributed by atoms with Crippen LogP contribution in [0.4, 0.5) is 5.82 Å². The van der Waals surface area contributed by atoms with Crippen molar-refractivity contribution in [2.75, 3.05) is 5.32 Å². The Bertz CT molecular complexity index is 557. The van der Waals surface area contributed by atoms with Crippen molar-refractivity contribution in [3.8, 4) is 0 Å². The van der Waals surface area contributed by atoms with Gasteiger partial charge >= 0.3 is 0 Å². The lowest BCUT2D eigenvalue weighted by Crippen LogP contribution is -2.14. The van der Waals surface area contributed by atoms with Gasteiger partial charge in [-0.25, -0.2) is 9.97 Å². The minimum Gasteiger partial charge on any atom is -0.306 e. The summed E-state index contributed by atoms with van der Waals surface area (Å²) in [6.45, 7) is 1.88. The number of rotatable bonds is 2. The summed E-state index contributed by atoms with van der Waals surface area (Å²) in [4.78, 5) is 19.6. The molecule has 0 aliphatic rings. The van der Waals surface area contributed by atoms with Crippen LogP contribution in [0.2, 0.25) is 5.15 Å². The maximum Gasteiger partial charge on any atom is 0.257 e. The van der Waals surface area contributed by atoms with Crippen LogP contribution in [0.1, 0.15) is 15.9 Å². The van der Waals surface area contributed by atoms with Crippen molar-refractivity contribution >= 4 is 23.3 Å². The molecule has 0 bridgehead atoms. The average Bonchev–Trinajstić information content (AvgIpc) is 2.29. The van der Waals surface area contributed by atoms with Gasteiger partial charge < -0.3 is 5.32 Å². The van der Waals surface area contributed by atoms with Crippen molar-refractivity contribution < 1.29 is 4.79 Å². The van der Waals surface area contributed by atoms with E-state index in [1.54, 1.807) is 6.07 Å². The zero-order chi connectivity index (χ0) is 12.3. The molecule has 0 saturated heterocycles. The molecule has 17 heavy (non-hydrogen) atoms. The third-order valence-corrected chi connectivity index (χ3v) is 2.47. The monoisotopic (exact) mass is 247 g/mol. The second-order valence-electron chi connectivity index (χ2n) is 3.50. The first-order valence-corrected chi connectivity index (χ1v) is 5.39. The molecule has 2 aromatic rings. The van der Waals surface area contributed by atoms with Gasteiger partial charge in [-0.05, 0) is 18.6 Å². The number of amides is 1. The van der Waals surface area contributed by atoms with Crippen molar-refractivity contribution in [3.63, 3.8) is 0 Å². The van der Waals surface area contributed by atoms with Crippen LogP contribution in [0.25, 0.3) is 0 Å². The Hall–Kier alpha value is -1.94.